The third-order valence-corrected chi connectivity index (χ3v) is 9.64. The van der Waals surface area contributed by atoms with Gasteiger partial charge in [-0.3, -0.25) is 0 Å². The van der Waals surface area contributed by atoms with Crippen LogP contribution in [0.5, 0.6) is 0 Å². The zero-order chi connectivity index (χ0) is 33.8. The molecule has 0 spiro atoms. The number of aromatic nitrogens is 2. The van der Waals surface area contributed by atoms with E-state index in [0.29, 0.717) is 16.7 Å². The smallest absolute Gasteiger partial charge is 0.0998 e. The molecule has 0 fully saturated rings. The highest BCUT2D eigenvalue weighted by Gasteiger charge is 2.20. The first-order valence-electron chi connectivity index (χ1n) is 16.3. The van der Waals surface area contributed by atoms with Gasteiger partial charge < -0.3 is 9.13 Å². The van der Waals surface area contributed by atoms with Crippen molar-refractivity contribution < 1.29 is 0 Å². The van der Waals surface area contributed by atoms with Crippen molar-refractivity contribution in [3.8, 4) is 51.8 Å². The highest BCUT2D eigenvalue weighted by Crippen LogP contribution is 2.42. The number of nitriles is 3. The van der Waals surface area contributed by atoms with Crippen LogP contribution >= 0.6 is 0 Å². The van der Waals surface area contributed by atoms with Crippen LogP contribution in [-0.2, 0) is 0 Å². The zero-order valence-corrected chi connectivity index (χ0v) is 26.7. The third kappa shape index (κ3) is 4.31. The van der Waals surface area contributed by atoms with Crippen LogP contribution in [0.1, 0.15) is 16.7 Å². The molecule has 0 amide bonds. The van der Waals surface area contributed by atoms with Gasteiger partial charge in [-0.1, -0.05) is 84.9 Å². The summed E-state index contributed by atoms with van der Waals surface area (Å²) < 4.78 is 4.44. The second kappa shape index (κ2) is 11.4. The monoisotopic (exact) mass is 635 g/mol. The fourth-order valence-corrected chi connectivity index (χ4v) is 7.47. The van der Waals surface area contributed by atoms with Crippen molar-refractivity contribution in [1.29, 1.82) is 15.8 Å². The maximum absolute atomic E-state index is 10.4. The molecule has 0 bridgehead atoms. The predicted octanol–water partition coefficient (Wildman–Crippen LogP) is 10.8. The van der Waals surface area contributed by atoms with E-state index < -0.39 is 0 Å². The Hall–Kier alpha value is -7.39. The van der Waals surface area contributed by atoms with Gasteiger partial charge >= 0.3 is 0 Å². The molecule has 0 radical (unpaired) electrons. The summed E-state index contributed by atoms with van der Waals surface area (Å²) in [5.41, 5.74) is 11.3. The van der Waals surface area contributed by atoms with Crippen LogP contribution in [0.3, 0.4) is 0 Å². The maximum atomic E-state index is 10.4. The van der Waals surface area contributed by atoms with E-state index in [1.165, 1.54) is 0 Å². The summed E-state index contributed by atoms with van der Waals surface area (Å²) in [4.78, 5) is 0. The molecule has 0 saturated carbocycles. The normalized spacial score (nSPS) is 11.1. The molecule has 7 aromatic carbocycles. The number of hydrogen-bond acceptors (Lipinski definition) is 3. The molecule has 0 saturated heterocycles. The highest BCUT2D eigenvalue weighted by molar-refractivity contribution is 6.11. The van der Waals surface area contributed by atoms with Crippen LogP contribution in [0.25, 0.3) is 77.2 Å². The summed E-state index contributed by atoms with van der Waals surface area (Å²) in [7, 11) is 0. The molecule has 0 unspecified atom stereocenters. The molecule has 50 heavy (non-hydrogen) atoms. The first kappa shape index (κ1) is 28.8. The maximum Gasteiger partial charge on any atom is 0.0998 e. The van der Waals surface area contributed by atoms with Crippen molar-refractivity contribution in [2.45, 2.75) is 0 Å². The molecule has 0 aliphatic rings. The first-order valence-corrected chi connectivity index (χ1v) is 16.3. The summed E-state index contributed by atoms with van der Waals surface area (Å²) in [6.07, 6.45) is 0. The molecule has 230 valence electrons. The van der Waals surface area contributed by atoms with Gasteiger partial charge in [-0.25, -0.2) is 0 Å². The first-order chi connectivity index (χ1) is 24.7. The average Bonchev–Trinajstić information content (AvgIpc) is 3.70. The minimum absolute atomic E-state index is 0.556. The largest absolute Gasteiger partial charge is 0.309 e. The second-order valence-electron chi connectivity index (χ2n) is 12.3. The van der Waals surface area contributed by atoms with Crippen molar-refractivity contribution >= 4 is 43.6 Å². The molecule has 5 nitrogen and oxygen atoms in total. The van der Waals surface area contributed by atoms with Crippen molar-refractivity contribution in [2.75, 3.05) is 0 Å². The summed E-state index contributed by atoms with van der Waals surface area (Å²) in [6, 6.07) is 57.7. The number of nitrogens with zero attached hydrogens (tertiary/aromatic N) is 5. The Bertz CT molecular complexity index is 2900. The SMILES string of the molecule is N#Cc1ccc(-c2cccc(C#N)c2-c2ccc(-n3c4ccccc4c4cc(C#N)ccc43)cc2)c(-n2c3ccccc3c3ccccc32)c1. The molecule has 0 aliphatic heterocycles. The third-order valence-electron chi connectivity index (χ3n) is 9.64. The van der Waals surface area contributed by atoms with E-state index in [0.717, 1.165) is 77.2 Å². The van der Waals surface area contributed by atoms with E-state index in [4.69, 9.17) is 0 Å². The van der Waals surface area contributed by atoms with Crippen LogP contribution in [0.15, 0.2) is 152 Å². The summed E-state index contributed by atoms with van der Waals surface area (Å²) >= 11 is 0. The lowest BCUT2D eigenvalue weighted by Gasteiger charge is -2.18. The molecule has 0 atom stereocenters. The van der Waals surface area contributed by atoms with Crippen LogP contribution < -0.4 is 0 Å². The fraction of sp³-hybridized carbons (Fsp3) is 0. The molecule has 5 heteroatoms. The van der Waals surface area contributed by atoms with Crippen LogP contribution in [0.2, 0.25) is 0 Å². The van der Waals surface area contributed by atoms with Crippen molar-refractivity contribution in [1.82, 2.24) is 9.13 Å². The molecular weight excluding hydrogens is 611 g/mol. The Balaban J connectivity index is 1.26. The van der Waals surface area contributed by atoms with Gasteiger partial charge in [-0.05, 0) is 77.9 Å². The number of hydrogen-bond donors (Lipinski definition) is 0. The molecular formula is C45H25N5. The lowest BCUT2D eigenvalue weighted by molar-refractivity contribution is 1.18. The van der Waals surface area contributed by atoms with Gasteiger partial charge in [0.15, 0.2) is 0 Å². The molecule has 2 aromatic heterocycles. The quantitative estimate of drug-likeness (QED) is 0.193. The Morgan fingerprint density at radius 3 is 1.60 bits per heavy atom. The minimum atomic E-state index is 0.556. The minimum Gasteiger partial charge on any atom is -0.309 e. The van der Waals surface area contributed by atoms with E-state index in [-0.39, 0.29) is 0 Å². The lowest BCUT2D eigenvalue weighted by atomic mass is 9.89. The van der Waals surface area contributed by atoms with E-state index in [1.54, 1.807) is 0 Å². The van der Waals surface area contributed by atoms with E-state index in [2.05, 4.69) is 94.1 Å². The van der Waals surface area contributed by atoms with Gasteiger partial charge in [0.2, 0.25) is 0 Å². The molecule has 9 rings (SSSR count). The van der Waals surface area contributed by atoms with Gasteiger partial charge in [-0.2, -0.15) is 15.8 Å². The number of fused-ring (bicyclic) bond motifs is 6. The van der Waals surface area contributed by atoms with E-state index in [9.17, 15) is 15.8 Å². The van der Waals surface area contributed by atoms with Gasteiger partial charge in [0.1, 0.15) is 0 Å². The van der Waals surface area contributed by atoms with Crippen LogP contribution in [0.4, 0.5) is 0 Å². The molecule has 0 aliphatic carbocycles. The Kier molecular flexibility index (Phi) is 6.56. The average molecular weight is 636 g/mol. The fourth-order valence-electron chi connectivity index (χ4n) is 7.47. The van der Waals surface area contributed by atoms with Crippen molar-refractivity contribution in [3.63, 3.8) is 0 Å². The van der Waals surface area contributed by atoms with Crippen LogP contribution in [-0.4, -0.2) is 9.13 Å². The van der Waals surface area contributed by atoms with E-state index in [1.807, 2.05) is 84.9 Å². The van der Waals surface area contributed by atoms with Gasteiger partial charge in [0, 0.05) is 38.4 Å². The Morgan fingerprint density at radius 1 is 0.400 bits per heavy atom. The lowest BCUT2D eigenvalue weighted by Crippen LogP contribution is -2.00. The zero-order valence-electron chi connectivity index (χ0n) is 26.7. The topological polar surface area (TPSA) is 81.2 Å². The molecule has 9 aromatic rings. The number of rotatable bonds is 4. The van der Waals surface area contributed by atoms with Crippen LogP contribution in [0, 0.1) is 34.0 Å². The van der Waals surface area contributed by atoms with Crippen molar-refractivity contribution in [3.05, 3.63) is 168 Å². The summed E-state index contributed by atoms with van der Waals surface area (Å²) in [6.45, 7) is 0. The number of para-hydroxylation sites is 3. The standard InChI is InChI=1S/C45H25N5/c46-26-29-17-23-43-39(24-29)36-11-3-4-13-40(36)49(43)33-20-18-31(19-21-33)45-32(28-48)8-7-12-38(45)37-22-16-30(27-47)25-44(37)50-41-14-5-1-9-34(41)35-10-2-6-15-42(35)50/h1-25H. The summed E-state index contributed by atoms with van der Waals surface area (Å²) in [5.74, 6) is 0. The van der Waals surface area contributed by atoms with Gasteiger partial charge in [-0.15, -0.1) is 0 Å². The van der Waals surface area contributed by atoms with Gasteiger partial charge in [0.25, 0.3) is 0 Å². The van der Waals surface area contributed by atoms with Gasteiger partial charge in [0.05, 0.1) is 62.7 Å². The highest BCUT2D eigenvalue weighted by atomic mass is 15.0. The molecule has 0 N–H and O–H groups in total. The number of benzene rings is 7. The Labute approximate surface area is 287 Å². The summed E-state index contributed by atoms with van der Waals surface area (Å²) in [5, 5.41) is 34.4. The van der Waals surface area contributed by atoms with Crippen molar-refractivity contribution in [2.24, 2.45) is 0 Å². The Morgan fingerprint density at radius 2 is 0.960 bits per heavy atom. The molecule has 2 heterocycles. The second-order valence-corrected chi connectivity index (χ2v) is 12.3. The van der Waals surface area contributed by atoms with E-state index >= 15 is 0 Å². The predicted molar refractivity (Wildman–Crippen MR) is 200 cm³/mol.